The molecule has 0 aliphatic heterocycles. The number of nitrogens with zero attached hydrogens (tertiary/aromatic N) is 1. The molecule has 0 aromatic rings. The van der Waals surface area contributed by atoms with E-state index in [4.69, 9.17) is 0 Å². The molecule has 1 aliphatic rings. The summed E-state index contributed by atoms with van der Waals surface area (Å²) in [5.41, 5.74) is 0.124. The monoisotopic (exact) mass is 211 g/mol. The topological polar surface area (TPSA) is 55.7 Å². The number of isocyanates is 1. The highest BCUT2D eigenvalue weighted by atomic mass is 16.5. The van der Waals surface area contributed by atoms with E-state index in [-0.39, 0.29) is 5.41 Å². The van der Waals surface area contributed by atoms with Crippen molar-refractivity contribution in [3.8, 4) is 0 Å². The number of carbonyl (C=O) groups excluding carboxylic acids is 2. The van der Waals surface area contributed by atoms with Crippen LogP contribution in [0.4, 0.5) is 0 Å². The van der Waals surface area contributed by atoms with Crippen LogP contribution < -0.4 is 0 Å². The first-order valence-corrected chi connectivity index (χ1v) is 5.26. The van der Waals surface area contributed by atoms with Crippen LogP contribution in [0.5, 0.6) is 0 Å². The van der Waals surface area contributed by atoms with Gasteiger partial charge in [-0.3, -0.25) is 0 Å². The fourth-order valence-electron chi connectivity index (χ4n) is 2.28. The first-order chi connectivity index (χ1) is 7.11. The number of methoxy groups -OCH3 is 1. The Morgan fingerprint density at radius 3 is 2.60 bits per heavy atom. The minimum absolute atomic E-state index is 0.124. The van der Waals surface area contributed by atoms with Crippen LogP contribution in [0, 0.1) is 5.41 Å². The molecule has 1 rings (SSSR count). The number of rotatable bonds is 4. The fourth-order valence-corrected chi connectivity index (χ4v) is 2.28. The van der Waals surface area contributed by atoms with Crippen LogP contribution in [0.2, 0.25) is 0 Å². The van der Waals surface area contributed by atoms with E-state index in [1.54, 1.807) is 0 Å². The summed E-state index contributed by atoms with van der Waals surface area (Å²) in [6.07, 6.45) is 6.60. The molecule has 15 heavy (non-hydrogen) atoms. The van der Waals surface area contributed by atoms with Gasteiger partial charge in [0, 0.05) is 0 Å². The van der Waals surface area contributed by atoms with Crippen LogP contribution in [0.1, 0.15) is 39.0 Å². The van der Waals surface area contributed by atoms with Crippen molar-refractivity contribution in [2.75, 3.05) is 7.11 Å². The summed E-state index contributed by atoms with van der Waals surface area (Å²) in [7, 11) is 1.31. The predicted octanol–water partition coefficient (Wildman–Crippen LogP) is 1.83. The molecule has 1 aliphatic carbocycles. The van der Waals surface area contributed by atoms with Gasteiger partial charge >= 0.3 is 5.97 Å². The Labute approximate surface area is 89.7 Å². The maximum atomic E-state index is 11.3. The summed E-state index contributed by atoms with van der Waals surface area (Å²) in [4.78, 5) is 25.1. The molecule has 0 radical (unpaired) electrons. The first-order valence-electron chi connectivity index (χ1n) is 5.26. The van der Waals surface area contributed by atoms with Crippen LogP contribution >= 0.6 is 0 Å². The zero-order valence-corrected chi connectivity index (χ0v) is 9.28. The second kappa shape index (κ2) is 5.08. The van der Waals surface area contributed by atoms with Crippen molar-refractivity contribution >= 4 is 12.0 Å². The Bertz CT molecular complexity index is 276. The number of ether oxygens (including phenoxy) is 1. The van der Waals surface area contributed by atoms with Crippen LogP contribution in [0.25, 0.3) is 0 Å². The van der Waals surface area contributed by atoms with E-state index in [0.717, 1.165) is 12.8 Å². The van der Waals surface area contributed by atoms with Crippen LogP contribution in [0.15, 0.2) is 4.99 Å². The third-order valence-electron chi connectivity index (χ3n) is 3.18. The maximum Gasteiger partial charge on any atom is 0.331 e. The highest BCUT2D eigenvalue weighted by Gasteiger charge is 2.34. The highest BCUT2D eigenvalue weighted by Crippen LogP contribution is 2.41. The Morgan fingerprint density at radius 2 is 2.13 bits per heavy atom. The van der Waals surface area contributed by atoms with E-state index in [1.165, 1.54) is 26.0 Å². The lowest BCUT2D eigenvalue weighted by Gasteiger charge is -2.25. The van der Waals surface area contributed by atoms with Gasteiger partial charge in [-0.2, -0.15) is 4.99 Å². The van der Waals surface area contributed by atoms with Crippen molar-refractivity contribution in [1.29, 1.82) is 0 Å². The van der Waals surface area contributed by atoms with Gasteiger partial charge in [-0.25, -0.2) is 9.59 Å². The lowest BCUT2D eigenvalue weighted by Crippen LogP contribution is -2.27. The number of hydrogen-bond donors (Lipinski definition) is 0. The van der Waals surface area contributed by atoms with E-state index in [1.807, 2.05) is 0 Å². The van der Waals surface area contributed by atoms with E-state index in [9.17, 15) is 9.59 Å². The molecule has 0 spiro atoms. The SMILES string of the molecule is COC(=O)C(CC1(C)CCCC1)N=C=O. The van der Waals surface area contributed by atoms with Gasteiger partial charge in [0.15, 0.2) is 6.04 Å². The minimum atomic E-state index is -0.671. The Morgan fingerprint density at radius 1 is 1.53 bits per heavy atom. The summed E-state index contributed by atoms with van der Waals surface area (Å²) >= 11 is 0. The van der Waals surface area contributed by atoms with E-state index >= 15 is 0 Å². The second-order valence-electron chi connectivity index (χ2n) is 4.48. The van der Waals surface area contributed by atoms with Crippen molar-refractivity contribution < 1.29 is 14.3 Å². The van der Waals surface area contributed by atoms with E-state index in [0.29, 0.717) is 6.42 Å². The normalized spacial score (nSPS) is 20.4. The van der Waals surface area contributed by atoms with Gasteiger partial charge in [0.25, 0.3) is 0 Å². The standard InChI is InChI=1S/C11H17NO3/c1-11(5-3-4-6-11)7-9(12-8-13)10(14)15-2/h9H,3-7H2,1-2H3. The Kier molecular flexibility index (Phi) is 4.04. The molecule has 1 saturated carbocycles. The quantitative estimate of drug-likeness (QED) is 0.405. The van der Waals surface area contributed by atoms with Crippen molar-refractivity contribution in [1.82, 2.24) is 0 Å². The first kappa shape index (κ1) is 11.9. The van der Waals surface area contributed by atoms with Crippen LogP contribution in [0.3, 0.4) is 0 Å². The lowest BCUT2D eigenvalue weighted by molar-refractivity contribution is -0.142. The average Bonchev–Trinajstić information content (AvgIpc) is 2.63. The van der Waals surface area contributed by atoms with Crippen molar-refractivity contribution in [2.45, 2.75) is 45.1 Å². The molecular weight excluding hydrogens is 194 g/mol. The van der Waals surface area contributed by atoms with Gasteiger partial charge in [-0.05, 0) is 24.7 Å². The van der Waals surface area contributed by atoms with E-state index < -0.39 is 12.0 Å². The van der Waals surface area contributed by atoms with Crippen LogP contribution in [-0.2, 0) is 14.3 Å². The molecular formula is C11H17NO3. The third kappa shape index (κ3) is 3.17. The molecule has 0 N–H and O–H groups in total. The molecule has 0 saturated heterocycles. The molecule has 0 aromatic carbocycles. The smallest absolute Gasteiger partial charge is 0.331 e. The van der Waals surface area contributed by atoms with Gasteiger partial charge in [-0.1, -0.05) is 19.8 Å². The van der Waals surface area contributed by atoms with Crippen LogP contribution in [-0.4, -0.2) is 25.2 Å². The lowest BCUT2D eigenvalue weighted by atomic mass is 9.82. The molecule has 1 atom stereocenters. The van der Waals surface area contributed by atoms with Gasteiger partial charge < -0.3 is 4.74 Å². The summed E-state index contributed by atoms with van der Waals surface area (Å²) in [5.74, 6) is -0.438. The van der Waals surface area contributed by atoms with Crippen molar-refractivity contribution in [2.24, 2.45) is 10.4 Å². The second-order valence-corrected chi connectivity index (χ2v) is 4.48. The number of hydrogen-bond acceptors (Lipinski definition) is 4. The highest BCUT2D eigenvalue weighted by molar-refractivity contribution is 5.76. The summed E-state index contributed by atoms with van der Waals surface area (Å²) in [6.45, 7) is 2.14. The number of carbonyl (C=O) groups is 1. The zero-order valence-electron chi connectivity index (χ0n) is 9.28. The zero-order chi connectivity index (χ0) is 11.3. The largest absolute Gasteiger partial charge is 0.467 e. The Hall–Kier alpha value is -1.15. The van der Waals surface area contributed by atoms with Crippen molar-refractivity contribution in [3.05, 3.63) is 0 Å². The fraction of sp³-hybridized carbons (Fsp3) is 0.818. The number of aliphatic imine (C=N–C) groups is 1. The maximum absolute atomic E-state index is 11.3. The van der Waals surface area contributed by atoms with Gasteiger partial charge in [-0.15, -0.1) is 0 Å². The molecule has 0 bridgehead atoms. The molecule has 0 aromatic heterocycles. The number of esters is 1. The molecule has 0 heterocycles. The molecule has 4 heteroatoms. The summed E-state index contributed by atoms with van der Waals surface area (Å²) in [5, 5.41) is 0. The van der Waals surface area contributed by atoms with Gasteiger partial charge in [0.1, 0.15) is 0 Å². The van der Waals surface area contributed by atoms with Gasteiger partial charge in [0.05, 0.1) is 7.11 Å². The molecule has 1 fully saturated rings. The minimum Gasteiger partial charge on any atom is -0.467 e. The molecule has 0 amide bonds. The summed E-state index contributed by atoms with van der Waals surface area (Å²) in [6, 6.07) is -0.671. The third-order valence-corrected chi connectivity index (χ3v) is 3.18. The van der Waals surface area contributed by atoms with Crippen molar-refractivity contribution in [3.63, 3.8) is 0 Å². The van der Waals surface area contributed by atoms with Gasteiger partial charge in [0.2, 0.25) is 6.08 Å². The molecule has 4 nitrogen and oxygen atoms in total. The summed E-state index contributed by atoms with van der Waals surface area (Å²) < 4.78 is 4.61. The van der Waals surface area contributed by atoms with E-state index in [2.05, 4.69) is 16.7 Å². The Balaban J connectivity index is 2.65. The molecule has 1 unspecified atom stereocenters. The average molecular weight is 211 g/mol. The predicted molar refractivity (Wildman–Crippen MR) is 55.1 cm³/mol. The molecule has 84 valence electrons.